The average Bonchev–Trinajstić information content (AvgIpc) is 2.34. The largest absolute Gasteiger partial charge is 0.416 e. The van der Waals surface area contributed by atoms with E-state index in [1.165, 1.54) is 0 Å². The van der Waals surface area contributed by atoms with Crippen LogP contribution in [-0.2, 0) is 6.18 Å². The third kappa shape index (κ3) is 4.46. The van der Waals surface area contributed by atoms with Gasteiger partial charge in [-0.1, -0.05) is 28.4 Å². The molecule has 114 valence electrons. The number of hydrazone groups is 1. The van der Waals surface area contributed by atoms with E-state index < -0.39 is 32.5 Å². The lowest BCUT2D eigenvalue weighted by atomic mass is 10.2. The predicted octanol–water partition coefficient (Wildman–Crippen LogP) is 3.47. The van der Waals surface area contributed by atoms with Crippen LogP contribution in [0.4, 0.5) is 18.9 Å². The van der Waals surface area contributed by atoms with Crippen LogP contribution in [-0.4, -0.2) is 22.2 Å². The van der Waals surface area contributed by atoms with Gasteiger partial charge in [-0.25, -0.2) is 0 Å². The van der Waals surface area contributed by atoms with Crippen LogP contribution in [0.25, 0.3) is 0 Å². The SMILES string of the molecule is O=[N+]([O-])C(C=NO)=NNc1c(Cl)cc(C(F)(F)F)cc1Cl. The molecule has 0 spiro atoms. The Hall–Kier alpha value is -2.07. The van der Waals surface area contributed by atoms with Crippen LogP contribution in [0.2, 0.25) is 10.0 Å². The molecule has 12 heteroatoms. The van der Waals surface area contributed by atoms with Gasteiger partial charge in [0.15, 0.2) is 6.21 Å². The Morgan fingerprint density at radius 1 is 1.38 bits per heavy atom. The summed E-state index contributed by atoms with van der Waals surface area (Å²) < 4.78 is 37.5. The van der Waals surface area contributed by atoms with Gasteiger partial charge in [0.1, 0.15) is 5.69 Å². The molecule has 21 heavy (non-hydrogen) atoms. The average molecular weight is 345 g/mol. The molecule has 0 aliphatic carbocycles. The number of nitro groups is 1. The van der Waals surface area contributed by atoms with Crippen molar-refractivity contribution in [2.45, 2.75) is 6.18 Å². The van der Waals surface area contributed by atoms with E-state index in [0.29, 0.717) is 18.3 Å². The molecule has 0 saturated carbocycles. The van der Waals surface area contributed by atoms with Crippen molar-refractivity contribution >= 4 is 40.9 Å². The number of anilines is 1. The molecule has 1 aromatic carbocycles. The molecule has 0 atom stereocenters. The van der Waals surface area contributed by atoms with Crippen LogP contribution < -0.4 is 5.43 Å². The van der Waals surface area contributed by atoms with E-state index in [0.717, 1.165) is 0 Å². The molecule has 0 aliphatic rings. The van der Waals surface area contributed by atoms with Gasteiger partial charge in [0.25, 0.3) is 0 Å². The second kappa shape index (κ2) is 6.59. The van der Waals surface area contributed by atoms with E-state index in [-0.39, 0.29) is 5.69 Å². The minimum absolute atomic E-state index is 0.267. The van der Waals surface area contributed by atoms with E-state index in [1.54, 1.807) is 0 Å². The number of halogens is 5. The van der Waals surface area contributed by atoms with E-state index in [9.17, 15) is 23.3 Å². The summed E-state index contributed by atoms with van der Waals surface area (Å²) in [7, 11) is 0. The van der Waals surface area contributed by atoms with Gasteiger partial charge in [-0.2, -0.15) is 18.6 Å². The molecule has 0 amide bonds. The number of rotatable bonds is 3. The molecule has 2 N–H and O–H groups in total. The quantitative estimate of drug-likeness (QED) is 0.288. The summed E-state index contributed by atoms with van der Waals surface area (Å²) in [5.74, 6) is -0.912. The lowest BCUT2D eigenvalue weighted by Crippen LogP contribution is -2.15. The highest BCUT2D eigenvalue weighted by Crippen LogP contribution is 2.38. The van der Waals surface area contributed by atoms with Gasteiger partial charge in [-0.15, -0.1) is 0 Å². The normalized spacial score (nSPS) is 12.7. The van der Waals surface area contributed by atoms with E-state index in [2.05, 4.69) is 10.3 Å². The van der Waals surface area contributed by atoms with Gasteiger partial charge in [0, 0.05) is 0 Å². The molecule has 0 radical (unpaired) electrons. The maximum absolute atomic E-state index is 12.5. The molecule has 1 rings (SSSR count). The molecule has 1 aromatic rings. The monoisotopic (exact) mass is 344 g/mol. The third-order valence-corrected chi connectivity index (χ3v) is 2.61. The van der Waals surface area contributed by atoms with E-state index in [1.807, 2.05) is 5.43 Å². The first kappa shape index (κ1) is 17.0. The predicted molar refractivity (Wildman–Crippen MR) is 69.8 cm³/mol. The Morgan fingerprint density at radius 2 is 1.90 bits per heavy atom. The van der Waals surface area contributed by atoms with Crippen LogP contribution in [0.1, 0.15) is 5.56 Å². The van der Waals surface area contributed by atoms with E-state index in [4.69, 9.17) is 28.4 Å². The van der Waals surface area contributed by atoms with Crippen LogP contribution in [0.15, 0.2) is 22.4 Å². The van der Waals surface area contributed by atoms with Crippen molar-refractivity contribution in [2.75, 3.05) is 5.43 Å². The van der Waals surface area contributed by atoms with Crippen molar-refractivity contribution in [1.29, 1.82) is 0 Å². The number of hydrogen-bond donors (Lipinski definition) is 2. The van der Waals surface area contributed by atoms with Crippen molar-refractivity contribution in [1.82, 2.24) is 0 Å². The molecule has 0 aliphatic heterocycles. The fourth-order valence-corrected chi connectivity index (χ4v) is 1.70. The summed E-state index contributed by atoms with van der Waals surface area (Å²) in [6.07, 6.45) is -4.25. The Bertz CT molecular complexity index is 596. The molecule has 0 aromatic heterocycles. The number of hydrogen-bond acceptors (Lipinski definition) is 6. The summed E-state index contributed by atoms with van der Waals surface area (Å²) >= 11 is 11.2. The van der Waals surface area contributed by atoms with Crippen molar-refractivity contribution in [3.63, 3.8) is 0 Å². The highest BCUT2D eigenvalue weighted by molar-refractivity contribution is 6.39. The Balaban J connectivity index is 3.16. The summed E-state index contributed by atoms with van der Waals surface area (Å²) in [6, 6.07) is 1.16. The minimum Gasteiger partial charge on any atom is -0.411 e. The zero-order valence-electron chi connectivity index (χ0n) is 9.73. The summed E-state index contributed by atoms with van der Waals surface area (Å²) in [5.41, 5.74) is 0.687. The maximum Gasteiger partial charge on any atom is 0.416 e. The number of nitrogens with zero attached hydrogens (tertiary/aromatic N) is 3. The number of benzene rings is 1. The van der Waals surface area contributed by atoms with Crippen LogP contribution >= 0.6 is 23.2 Å². The zero-order valence-corrected chi connectivity index (χ0v) is 11.2. The second-order valence-electron chi connectivity index (χ2n) is 3.40. The first-order chi connectivity index (χ1) is 9.66. The van der Waals surface area contributed by atoms with Crippen molar-refractivity contribution in [2.24, 2.45) is 10.3 Å². The van der Waals surface area contributed by atoms with Crippen LogP contribution in [0, 0.1) is 10.1 Å². The summed E-state index contributed by atoms with van der Waals surface area (Å²) in [5, 5.41) is 23.4. The molecular formula is C9H5Cl2F3N4O3. The number of oxime groups is 1. The van der Waals surface area contributed by atoms with Gasteiger partial charge in [-0.3, -0.25) is 0 Å². The number of nitrogens with one attached hydrogen (secondary N) is 1. The first-order valence-corrected chi connectivity index (χ1v) is 5.64. The lowest BCUT2D eigenvalue weighted by Gasteiger charge is -2.10. The number of alkyl halides is 3. The topological polar surface area (TPSA) is 100 Å². The highest BCUT2D eigenvalue weighted by atomic mass is 35.5. The highest BCUT2D eigenvalue weighted by Gasteiger charge is 2.32. The fourth-order valence-electron chi connectivity index (χ4n) is 1.13. The third-order valence-electron chi connectivity index (χ3n) is 2.01. The zero-order chi connectivity index (χ0) is 16.2. The fraction of sp³-hybridized carbons (Fsp3) is 0.111. The van der Waals surface area contributed by atoms with Crippen molar-refractivity contribution in [3.8, 4) is 0 Å². The molecule has 0 heterocycles. The standard InChI is InChI=1S/C9H5Cl2F3N4O3/c10-5-1-4(9(12,13)14)2-6(11)8(5)17-16-7(3-15-19)18(20)21/h1-3,17,19H. The lowest BCUT2D eigenvalue weighted by molar-refractivity contribution is -0.345. The smallest absolute Gasteiger partial charge is 0.411 e. The molecular weight excluding hydrogens is 340 g/mol. The Morgan fingerprint density at radius 3 is 2.29 bits per heavy atom. The van der Waals surface area contributed by atoms with Gasteiger partial charge in [0.2, 0.25) is 0 Å². The van der Waals surface area contributed by atoms with Gasteiger partial charge in [0.05, 0.1) is 20.7 Å². The Kier molecular flexibility index (Phi) is 5.33. The van der Waals surface area contributed by atoms with Gasteiger partial charge >= 0.3 is 12.0 Å². The first-order valence-electron chi connectivity index (χ1n) is 4.88. The minimum atomic E-state index is -4.65. The molecule has 0 saturated heterocycles. The maximum atomic E-state index is 12.5. The van der Waals surface area contributed by atoms with Crippen LogP contribution in [0.5, 0.6) is 0 Å². The van der Waals surface area contributed by atoms with Crippen molar-refractivity contribution < 1.29 is 23.3 Å². The molecule has 0 bridgehead atoms. The van der Waals surface area contributed by atoms with Gasteiger partial charge in [-0.05, 0) is 17.1 Å². The summed E-state index contributed by atoms with van der Waals surface area (Å²) in [4.78, 5) is 9.48. The molecule has 7 nitrogen and oxygen atoms in total. The molecule has 0 unspecified atom stereocenters. The van der Waals surface area contributed by atoms with Crippen LogP contribution in [0.3, 0.4) is 0 Å². The molecule has 0 fully saturated rings. The Labute approximate surface area is 124 Å². The summed E-state index contributed by atoms with van der Waals surface area (Å²) in [6.45, 7) is 0. The van der Waals surface area contributed by atoms with Gasteiger partial charge < -0.3 is 15.3 Å². The number of amidine groups is 1. The van der Waals surface area contributed by atoms with E-state index >= 15 is 0 Å². The van der Waals surface area contributed by atoms with Crippen molar-refractivity contribution in [3.05, 3.63) is 37.9 Å². The second-order valence-corrected chi connectivity index (χ2v) is 4.21.